The van der Waals surface area contributed by atoms with Gasteiger partial charge in [0, 0.05) is 37.8 Å². The van der Waals surface area contributed by atoms with Crippen LogP contribution in [0.3, 0.4) is 0 Å². The molecule has 0 N–H and O–H groups in total. The van der Waals surface area contributed by atoms with Crippen LogP contribution < -0.4 is 4.74 Å². The van der Waals surface area contributed by atoms with Gasteiger partial charge in [0.25, 0.3) is 0 Å². The number of benzene rings is 2. The lowest BCUT2D eigenvalue weighted by Gasteiger charge is -2.19. The number of nitriles is 1. The van der Waals surface area contributed by atoms with Crippen LogP contribution in [-0.4, -0.2) is 29.6 Å². The van der Waals surface area contributed by atoms with E-state index in [0.717, 1.165) is 38.3 Å². The van der Waals surface area contributed by atoms with Gasteiger partial charge in [-0.3, -0.25) is 4.90 Å². The summed E-state index contributed by atoms with van der Waals surface area (Å²) < 4.78 is 43.8. The van der Waals surface area contributed by atoms with Crippen molar-refractivity contribution in [2.45, 2.75) is 25.1 Å². The molecule has 1 fully saturated rings. The zero-order chi connectivity index (χ0) is 23.3. The number of pyridine rings is 1. The molecule has 1 saturated heterocycles. The first-order valence-electron chi connectivity index (χ1n) is 10.8. The third-order valence-electron chi connectivity index (χ3n) is 6.04. The van der Waals surface area contributed by atoms with Crippen LogP contribution in [-0.2, 0) is 12.7 Å². The van der Waals surface area contributed by atoms with E-state index in [1.54, 1.807) is 0 Å². The standard InChI is InChI=1S/C26H24F3N3O/c27-26(28,29)23-10-11-25(31-15-23)33-13-12-22-17-32(16-20-4-2-1-3-5-20)18-24(22)21-8-6-19(14-30)7-9-21/h1-11,15,22,24H,12-13,16-18H2. The van der Waals surface area contributed by atoms with E-state index in [1.165, 1.54) is 17.2 Å². The maximum atomic E-state index is 12.7. The van der Waals surface area contributed by atoms with Crippen LogP contribution in [0.2, 0.25) is 0 Å². The summed E-state index contributed by atoms with van der Waals surface area (Å²) in [5.41, 5.74) is 2.28. The summed E-state index contributed by atoms with van der Waals surface area (Å²) in [6.45, 7) is 3.01. The second-order valence-corrected chi connectivity index (χ2v) is 8.30. The first-order valence-corrected chi connectivity index (χ1v) is 10.8. The first kappa shape index (κ1) is 22.8. The van der Waals surface area contributed by atoms with Gasteiger partial charge in [-0.25, -0.2) is 4.98 Å². The largest absolute Gasteiger partial charge is 0.478 e. The van der Waals surface area contributed by atoms with Gasteiger partial charge in [-0.15, -0.1) is 0 Å². The summed E-state index contributed by atoms with van der Waals surface area (Å²) in [4.78, 5) is 6.21. The van der Waals surface area contributed by atoms with Crippen LogP contribution >= 0.6 is 0 Å². The van der Waals surface area contributed by atoms with E-state index >= 15 is 0 Å². The van der Waals surface area contributed by atoms with Crippen molar-refractivity contribution in [1.82, 2.24) is 9.88 Å². The van der Waals surface area contributed by atoms with E-state index in [9.17, 15) is 13.2 Å². The second-order valence-electron chi connectivity index (χ2n) is 8.30. The zero-order valence-electron chi connectivity index (χ0n) is 18.0. The molecule has 0 spiro atoms. The lowest BCUT2D eigenvalue weighted by molar-refractivity contribution is -0.137. The maximum Gasteiger partial charge on any atom is 0.417 e. The van der Waals surface area contributed by atoms with Crippen molar-refractivity contribution in [3.05, 3.63) is 95.2 Å². The smallest absolute Gasteiger partial charge is 0.417 e. The molecule has 1 aliphatic heterocycles. The molecule has 2 atom stereocenters. The minimum atomic E-state index is -4.41. The van der Waals surface area contributed by atoms with Crippen molar-refractivity contribution in [2.75, 3.05) is 19.7 Å². The van der Waals surface area contributed by atoms with Gasteiger partial charge in [-0.1, -0.05) is 42.5 Å². The SMILES string of the molecule is N#Cc1ccc(C2CN(Cc3ccccc3)CC2CCOc2ccc(C(F)(F)F)cn2)cc1. The molecule has 0 saturated carbocycles. The summed E-state index contributed by atoms with van der Waals surface area (Å²) in [6, 6.07) is 22.4. The van der Waals surface area contributed by atoms with Gasteiger partial charge >= 0.3 is 6.18 Å². The fourth-order valence-electron chi connectivity index (χ4n) is 4.35. The molecule has 1 aliphatic rings. The number of hydrogen-bond acceptors (Lipinski definition) is 4. The van der Waals surface area contributed by atoms with Crippen LogP contribution in [0.4, 0.5) is 13.2 Å². The summed E-state index contributed by atoms with van der Waals surface area (Å²) in [5.74, 6) is 0.791. The molecule has 0 bridgehead atoms. The molecule has 7 heteroatoms. The average molecular weight is 451 g/mol. The fourth-order valence-corrected chi connectivity index (χ4v) is 4.35. The first-order chi connectivity index (χ1) is 15.9. The van der Waals surface area contributed by atoms with Crippen LogP contribution in [0.5, 0.6) is 5.88 Å². The number of nitrogens with zero attached hydrogens (tertiary/aromatic N) is 3. The van der Waals surface area contributed by atoms with Crippen molar-refractivity contribution < 1.29 is 17.9 Å². The Bertz CT molecular complexity index is 1080. The van der Waals surface area contributed by atoms with Gasteiger partial charge in [0.05, 0.1) is 23.8 Å². The molecule has 2 unspecified atom stereocenters. The molecule has 4 rings (SSSR count). The molecule has 3 aromatic rings. The normalized spacial score (nSPS) is 18.7. The maximum absolute atomic E-state index is 12.7. The molecule has 170 valence electrons. The lowest BCUT2D eigenvalue weighted by atomic mass is 9.87. The summed E-state index contributed by atoms with van der Waals surface area (Å²) >= 11 is 0. The predicted octanol–water partition coefficient (Wildman–Crippen LogP) is 5.66. The monoisotopic (exact) mass is 451 g/mol. The minimum absolute atomic E-state index is 0.192. The van der Waals surface area contributed by atoms with E-state index in [1.807, 2.05) is 42.5 Å². The van der Waals surface area contributed by atoms with Crippen molar-refractivity contribution in [3.63, 3.8) is 0 Å². The lowest BCUT2D eigenvalue weighted by Crippen LogP contribution is -2.20. The average Bonchev–Trinajstić information content (AvgIpc) is 3.22. The van der Waals surface area contributed by atoms with Crippen LogP contribution in [0, 0.1) is 17.2 Å². The molecule has 4 nitrogen and oxygen atoms in total. The number of halogens is 3. The highest BCUT2D eigenvalue weighted by Crippen LogP contribution is 2.36. The predicted molar refractivity (Wildman–Crippen MR) is 118 cm³/mol. The van der Waals surface area contributed by atoms with Crippen molar-refractivity contribution in [1.29, 1.82) is 5.26 Å². The van der Waals surface area contributed by atoms with Gasteiger partial charge in [0.15, 0.2) is 0 Å². The third-order valence-corrected chi connectivity index (χ3v) is 6.04. The molecule has 2 heterocycles. The molecule has 1 aromatic heterocycles. The summed E-state index contributed by atoms with van der Waals surface area (Å²) in [7, 11) is 0. The highest BCUT2D eigenvalue weighted by atomic mass is 19.4. The van der Waals surface area contributed by atoms with E-state index in [2.05, 4.69) is 28.1 Å². The molecular weight excluding hydrogens is 427 g/mol. The van der Waals surface area contributed by atoms with Gasteiger partial charge in [-0.2, -0.15) is 18.4 Å². The Balaban J connectivity index is 1.41. The van der Waals surface area contributed by atoms with Gasteiger partial charge in [0.1, 0.15) is 0 Å². The van der Waals surface area contributed by atoms with Crippen molar-refractivity contribution in [3.8, 4) is 11.9 Å². The molecule has 33 heavy (non-hydrogen) atoms. The highest BCUT2D eigenvalue weighted by molar-refractivity contribution is 5.34. The van der Waals surface area contributed by atoms with Crippen LogP contribution in [0.1, 0.15) is 34.6 Å². The third kappa shape index (κ3) is 5.91. The Kier molecular flexibility index (Phi) is 6.95. The van der Waals surface area contributed by atoms with E-state index in [4.69, 9.17) is 10.00 Å². The van der Waals surface area contributed by atoms with Gasteiger partial charge < -0.3 is 4.74 Å². The quantitative estimate of drug-likeness (QED) is 0.465. The van der Waals surface area contributed by atoms with Crippen LogP contribution in [0.15, 0.2) is 72.9 Å². The number of alkyl halides is 3. The zero-order valence-corrected chi connectivity index (χ0v) is 18.0. The van der Waals surface area contributed by atoms with Crippen molar-refractivity contribution >= 4 is 0 Å². The second kappa shape index (κ2) is 10.1. The number of hydrogen-bond donors (Lipinski definition) is 0. The van der Waals surface area contributed by atoms with Crippen LogP contribution in [0.25, 0.3) is 0 Å². The highest BCUT2D eigenvalue weighted by Gasteiger charge is 2.34. The summed E-state index contributed by atoms with van der Waals surface area (Å²) in [5, 5.41) is 9.09. The topological polar surface area (TPSA) is 49.2 Å². The number of rotatable bonds is 7. The fraction of sp³-hybridized carbons (Fsp3) is 0.308. The van der Waals surface area contributed by atoms with Gasteiger partial charge in [0.2, 0.25) is 5.88 Å². The number of ether oxygens (including phenoxy) is 1. The Morgan fingerprint density at radius 1 is 1.00 bits per heavy atom. The Hall–Kier alpha value is -3.37. The minimum Gasteiger partial charge on any atom is -0.478 e. The molecular formula is C26H24F3N3O. The Morgan fingerprint density at radius 2 is 1.76 bits per heavy atom. The van der Waals surface area contributed by atoms with Gasteiger partial charge in [-0.05, 0) is 41.7 Å². The Morgan fingerprint density at radius 3 is 2.39 bits per heavy atom. The van der Waals surface area contributed by atoms with Crippen molar-refractivity contribution in [2.24, 2.45) is 5.92 Å². The molecule has 0 aliphatic carbocycles. The molecule has 0 amide bonds. The number of likely N-dealkylation sites (tertiary alicyclic amines) is 1. The molecule has 0 radical (unpaired) electrons. The van der Waals surface area contributed by atoms with E-state index < -0.39 is 11.7 Å². The van der Waals surface area contributed by atoms with E-state index in [-0.39, 0.29) is 11.8 Å². The van der Waals surface area contributed by atoms with E-state index in [0.29, 0.717) is 18.1 Å². The number of aromatic nitrogens is 1. The molecule has 2 aromatic carbocycles. The Labute approximate surface area is 191 Å². The summed E-state index contributed by atoms with van der Waals surface area (Å²) in [6.07, 6.45) is -2.86.